The molecule has 0 fully saturated rings. The summed E-state index contributed by atoms with van der Waals surface area (Å²) in [6.07, 6.45) is 20.5. The van der Waals surface area contributed by atoms with Crippen molar-refractivity contribution in [3.63, 3.8) is 0 Å². The van der Waals surface area contributed by atoms with Gasteiger partial charge in [-0.15, -0.1) is 0 Å². The average Bonchev–Trinajstić information content (AvgIpc) is 2.55. The minimum atomic E-state index is -0.995. The van der Waals surface area contributed by atoms with Crippen LogP contribution in [0.3, 0.4) is 0 Å². The summed E-state index contributed by atoms with van der Waals surface area (Å²) in [7, 11) is 4.50. The highest BCUT2D eigenvalue weighted by atomic mass is 16.4. The fraction of sp³-hybridized carbons (Fsp3) is 0.952. The lowest BCUT2D eigenvalue weighted by molar-refractivity contribution is -0.858. The molecule has 0 amide bonds. The van der Waals surface area contributed by atoms with Crippen LogP contribution in [0.5, 0.6) is 0 Å². The maximum atomic E-state index is 9.26. The Morgan fingerprint density at radius 2 is 0.958 bits per heavy atom. The van der Waals surface area contributed by atoms with Gasteiger partial charge in [-0.05, 0) is 19.3 Å². The first-order valence-corrected chi connectivity index (χ1v) is 10.5. The molecule has 0 aromatic carbocycles. The third kappa shape index (κ3) is 29.4. The van der Waals surface area contributed by atoms with Gasteiger partial charge in [0.2, 0.25) is 0 Å². The van der Waals surface area contributed by atoms with Crippen LogP contribution in [0.4, 0.5) is 0 Å². The Morgan fingerprint density at radius 1 is 0.667 bits per heavy atom. The molecule has 0 spiro atoms. The largest absolute Gasteiger partial charge is 0.550 e. The second-order valence-electron chi connectivity index (χ2n) is 7.28. The topological polar surface area (TPSA) is 44.6 Å². The molecule has 0 bridgehead atoms. The van der Waals surface area contributed by atoms with Crippen LogP contribution in [0, 0.1) is 0 Å². The van der Waals surface area contributed by atoms with Gasteiger partial charge in [-0.1, -0.05) is 90.9 Å². The molecule has 0 aliphatic heterocycles. The molecule has 24 heavy (non-hydrogen) atoms. The number of quaternary nitrogens is 1. The van der Waals surface area contributed by atoms with Gasteiger partial charge < -0.3 is 14.8 Å². The Labute approximate surface area is 152 Å². The summed E-state index contributed by atoms with van der Waals surface area (Å²) in [4.78, 5) is 10.9. The van der Waals surface area contributed by atoms with E-state index in [1.54, 1.807) is 4.90 Å². The number of carbonyl (C=O) groups is 1. The van der Waals surface area contributed by atoms with Crippen LogP contribution in [-0.4, -0.2) is 26.6 Å². The second-order valence-corrected chi connectivity index (χ2v) is 7.28. The lowest BCUT2D eigenvalue weighted by Gasteiger charge is -2.06. The summed E-state index contributed by atoms with van der Waals surface area (Å²) in [5.74, 6) is -0.995. The molecule has 3 heteroatoms. The molecule has 0 rings (SSSR count). The van der Waals surface area contributed by atoms with E-state index in [-0.39, 0.29) is 6.42 Å². The van der Waals surface area contributed by atoms with Crippen LogP contribution in [0.2, 0.25) is 0 Å². The van der Waals surface area contributed by atoms with E-state index < -0.39 is 5.97 Å². The van der Waals surface area contributed by atoms with Gasteiger partial charge in [0.15, 0.2) is 0 Å². The van der Waals surface area contributed by atoms with Crippen LogP contribution >= 0.6 is 0 Å². The lowest BCUT2D eigenvalue weighted by Crippen LogP contribution is -3.05. The zero-order valence-electron chi connectivity index (χ0n) is 17.1. The molecular formula is C21H45NO2. The normalized spacial score (nSPS) is 10.5. The van der Waals surface area contributed by atoms with Crippen molar-refractivity contribution in [1.29, 1.82) is 0 Å². The van der Waals surface area contributed by atoms with Crippen molar-refractivity contribution in [3.05, 3.63) is 0 Å². The highest BCUT2D eigenvalue weighted by Gasteiger charge is 1.95. The molecule has 0 saturated carbocycles. The quantitative estimate of drug-likeness (QED) is 0.434. The van der Waals surface area contributed by atoms with Crippen molar-refractivity contribution in [3.8, 4) is 0 Å². The van der Waals surface area contributed by atoms with Crippen molar-refractivity contribution >= 4 is 5.97 Å². The molecule has 0 radical (unpaired) electrons. The van der Waals surface area contributed by atoms with Crippen LogP contribution in [0.1, 0.15) is 110 Å². The van der Waals surface area contributed by atoms with Crippen molar-refractivity contribution in [2.75, 3.05) is 20.6 Å². The van der Waals surface area contributed by atoms with E-state index in [1.165, 1.54) is 103 Å². The zero-order chi connectivity index (χ0) is 18.5. The molecule has 0 aliphatic carbocycles. The first-order valence-electron chi connectivity index (χ1n) is 10.5. The minimum Gasteiger partial charge on any atom is -0.550 e. The highest BCUT2D eigenvalue weighted by molar-refractivity contribution is 5.63. The van der Waals surface area contributed by atoms with Gasteiger partial charge in [0.1, 0.15) is 0 Å². The number of unbranched alkanes of at least 4 members (excludes halogenated alkanes) is 13. The van der Waals surface area contributed by atoms with Gasteiger partial charge in [-0.2, -0.15) is 0 Å². The number of carboxylic acid groups (broad SMARTS) is 1. The van der Waals surface area contributed by atoms with Crippen LogP contribution in [0.15, 0.2) is 0 Å². The van der Waals surface area contributed by atoms with E-state index in [4.69, 9.17) is 0 Å². The molecule has 1 N–H and O–H groups in total. The second kappa shape index (κ2) is 22.4. The molecular weight excluding hydrogens is 298 g/mol. The molecule has 146 valence electrons. The smallest absolute Gasteiger partial charge is 0.0766 e. The van der Waals surface area contributed by atoms with Gasteiger partial charge in [0, 0.05) is 5.97 Å². The van der Waals surface area contributed by atoms with Gasteiger partial charge in [-0.25, -0.2) is 0 Å². The Hall–Kier alpha value is -0.570. The van der Waals surface area contributed by atoms with E-state index in [2.05, 4.69) is 21.0 Å². The Bertz CT molecular complexity index is 242. The molecule has 0 saturated heterocycles. The molecule has 0 aromatic heterocycles. The molecule has 0 atom stereocenters. The van der Waals surface area contributed by atoms with E-state index in [1.807, 2.05) is 0 Å². The van der Waals surface area contributed by atoms with Crippen molar-refractivity contribution < 1.29 is 14.8 Å². The standard InChI is InChI=1S/C18H39N.C3H6O2/c1-4-5-6-7-8-9-10-11-12-13-14-15-16-17-18-19(2)3;1-2-3(4)5/h4-18H2,1-3H3;2H2,1H3,(H,4,5). The lowest BCUT2D eigenvalue weighted by atomic mass is 10.0. The highest BCUT2D eigenvalue weighted by Crippen LogP contribution is 2.12. The summed E-state index contributed by atoms with van der Waals surface area (Å²) < 4.78 is 0. The van der Waals surface area contributed by atoms with Crippen molar-refractivity contribution in [2.24, 2.45) is 0 Å². The SMILES string of the molecule is CCC(=O)[O-].CCCCCCCCCCCCCCCC[NH+](C)C. The van der Waals surface area contributed by atoms with Crippen LogP contribution in [-0.2, 0) is 4.79 Å². The Kier molecular flexibility index (Phi) is 24.0. The van der Waals surface area contributed by atoms with E-state index in [0.717, 1.165) is 0 Å². The average molecular weight is 344 g/mol. The molecule has 0 aliphatic rings. The predicted molar refractivity (Wildman–Crippen MR) is 103 cm³/mol. The number of aliphatic carboxylic acids is 1. The van der Waals surface area contributed by atoms with Crippen molar-refractivity contribution in [2.45, 2.75) is 110 Å². The zero-order valence-corrected chi connectivity index (χ0v) is 17.1. The monoisotopic (exact) mass is 343 g/mol. The maximum absolute atomic E-state index is 9.26. The van der Waals surface area contributed by atoms with Crippen molar-refractivity contribution in [1.82, 2.24) is 0 Å². The van der Waals surface area contributed by atoms with E-state index in [9.17, 15) is 9.90 Å². The first-order chi connectivity index (χ1) is 11.5. The molecule has 0 unspecified atom stereocenters. The molecule has 3 nitrogen and oxygen atoms in total. The maximum Gasteiger partial charge on any atom is 0.0766 e. The third-order valence-corrected chi connectivity index (χ3v) is 4.32. The summed E-state index contributed by atoms with van der Waals surface area (Å²) in [5.41, 5.74) is 0. The molecule has 0 heterocycles. The van der Waals surface area contributed by atoms with Gasteiger partial charge >= 0.3 is 0 Å². The number of carboxylic acids is 1. The number of nitrogens with one attached hydrogen (secondary N) is 1. The number of hydrogen-bond donors (Lipinski definition) is 1. The number of carbonyl (C=O) groups excluding carboxylic acids is 1. The third-order valence-electron chi connectivity index (χ3n) is 4.32. The number of rotatable bonds is 16. The van der Waals surface area contributed by atoms with Gasteiger partial charge in [-0.3, -0.25) is 0 Å². The fourth-order valence-electron chi connectivity index (χ4n) is 2.67. The van der Waals surface area contributed by atoms with Crippen LogP contribution < -0.4 is 10.0 Å². The summed E-state index contributed by atoms with van der Waals surface area (Å²) in [6.45, 7) is 5.18. The first kappa shape index (κ1) is 25.7. The number of hydrogen-bond acceptors (Lipinski definition) is 2. The molecule has 0 aromatic rings. The Morgan fingerprint density at radius 3 is 1.21 bits per heavy atom. The minimum absolute atomic E-state index is 0.111. The summed E-state index contributed by atoms with van der Waals surface area (Å²) >= 11 is 0. The fourth-order valence-corrected chi connectivity index (χ4v) is 2.67. The van der Waals surface area contributed by atoms with Gasteiger partial charge in [0.05, 0.1) is 20.6 Å². The predicted octanol–water partition coefficient (Wildman–Crippen LogP) is 3.76. The Balaban J connectivity index is 0. The summed E-state index contributed by atoms with van der Waals surface area (Å²) in [5, 5.41) is 9.26. The van der Waals surface area contributed by atoms with E-state index in [0.29, 0.717) is 0 Å². The van der Waals surface area contributed by atoms with E-state index >= 15 is 0 Å². The van der Waals surface area contributed by atoms with Gasteiger partial charge in [0.25, 0.3) is 0 Å². The van der Waals surface area contributed by atoms with Crippen LogP contribution in [0.25, 0.3) is 0 Å². The summed E-state index contributed by atoms with van der Waals surface area (Å²) in [6, 6.07) is 0.